The highest BCUT2D eigenvalue weighted by Crippen LogP contribution is 2.30. The minimum atomic E-state index is -1.37. The highest BCUT2D eigenvalue weighted by atomic mass is 16.7. The molecule has 42 heavy (non-hydrogen) atoms. The molecule has 0 saturated carbocycles. The van der Waals surface area contributed by atoms with Crippen molar-refractivity contribution in [2.75, 3.05) is 6.61 Å². The number of esters is 4. The molecule has 0 N–H and O–H groups in total. The van der Waals surface area contributed by atoms with Crippen molar-refractivity contribution in [3.63, 3.8) is 0 Å². The normalized spacial score (nSPS) is 21.9. The first-order chi connectivity index (χ1) is 20.0. The summed E-state index contributed by atoms with van der Waals surface area (Å²) in [5, 5.41) is 8.81. The Kier molecular flexibility index (Phi) is 9.64. The van der Waals surface area contributed by atoms with Crippen molar-refractivity contribution >= 4 is 34.8 Å². The number of nitrogens with zero attached hydrogens (tertiary/aromatic N) is 3. The zero-order valence-corrected chi connectivity index (χ0v) is 23.2. The van der Waals surface area contributed by atoms with E-state index in [4.69, 9.17) is 32.8 Å². The van der Waals surface area contributed by atoms with E-state index >= 15 is 0 Å². The molecule has 15 nitrogen and oxygen atoms in total. The van der Waals surface area contributed by atoms with Crippen LogP contribution in [0, 0.1) is 0 Å². The first-order valence-corrected chi connectivity index (χ1v) is 12.8. The Hall–Kier alpha value is -4.63. The first kappa shape index (κ1) is 30.3. The minimum Gasteiger partial charge on any atom is -0.463 e. The topological polar surface area (TPSA) is 185 Å². The molecule has 1 aliphatic heterocycles. The van der Waals surface area contributed by atoms with E-state index in [1.807, 2.05) is 12.1 Å². The van der Waals surface area contributed by atoms with Crippen molar-refractivity contribution in [1.29, 1.82) is 0 Å². The van der Waals surface area contributed by atoms with E-state index < -0.39 is 60.2 Å². The Labute approximate surface area is 238 Å². The quantitative estimate of drug-likeness (QED) is 0.186. The van der Waals surface area contributed by atoms with E-state index in [-0.39, 0.29) is 19.8 Å². The maximum Gasteiger partial charge on any atom is 0.341 e. The molecule has 0 radical (unpaired) electrons. The molecule has 15 heteroatoms. The number of fused-ring (bicyclic) bond motifs is 1. The summed E-state index contributed by atoms with van der Waals surface area (Å²) >= 11 is 0. The number of carbonyl (C=O) groups is 4. The fraction of sp³-hybridized carbons (Fsp3) is 0.444. The Bertz CT molecular complexity index is 1520. The molecule has 5 atom stereocenters. The molecule has 1 fully saturated rings. The van der Waals surface area contributed by atoms with Gasteiger partial charge in [0.15, 0.2) is 24.6 Å². The standard InChI is InChI=1S/C27H29N3O12/c1-14(31)36-13-22-23(38-15(2)32)24(39-16(3)33)25(40-17(4)34)27(42-22)37-12-20-11-30(29-28-20)10-19-9-18-7-5-6-8-21(18)41-26(19)35/h5-9,11,22-25,27H,10,12-13H2,1-4H3/t22-,23+,24+,25-,27-/m1/s1. The third kappa shape index (κ3) is 7.76. The molecule has 0 spiro atoms. The molecule has 4 rings (SSSR count). The number of benzene rings is 1. The second-order valence-corrected chi connectivity index (χ2v) is 9.38. The number of hydrogen-bond donors (Lipinski definition) is 0. The van der Waals surface area contributed by atoms with E-state index in [2.05, 4.69) is 10.3 Å². The smallest absolute Gasteiger partial charge is 0.341 e. The van der Waals surface area contributed by atoms with Crippen LogP contribution in [0.4, 0.5) is 0 Å². The lowest BCUT2D eigenvalue weighted by molar-refractivity contribution is -0.310. The summed E-state index contributed by atoms with van der Waals surface area (Å²) in [7, 11) is 0. The van der Waals surface area contributed by atoms with E-state index in [1.54, 1.807) is 18.2 Å². The lowest BCUT2D eigenvalue weighted by Crippen LogP contribution is -2.62. The average Bonchev–Trinajstić information content (AvgIpc) is 3.36. The monoisotopic (exact) mass is 587 g/mol. The van der Waals surface area contributed by atoms with Gasteiger partial charge in [-0.1, -0.05) is 23.4 Å². The summed E-state index contributed by atoms with van der Waals surface area (Å²) < 4.78 is 39.7. The number of carbonyl (C=O) groups excluding carboxylic acids is 4. The van der Waals surface area contributed by atoms with Crippen molar-refractivity contribution in [2.45, 2.75) is 71.6 Å². The van der Waals surface area contributed by atoms with Gasteiger partial charge in [0.2, 0.25) is 0 Å². The third-order valence-corrected chi connectivity index (χ3v) is 5.98. The van der Waals surface area contributed by atoms with Crippen LogP contribution in [0.15, 0.2) is 45.7 Å². The van der Waals surface area contributed by atoms with Gasteiger partial charge in [-0.3, -0.25) is 19.2 Å². The number of aromatic nitrogens is 3. The molecule has 3 heterocycles. The zero-order valence-electron chi connectivity index (χ0n) is 23.2. The van der Waals surface area contributed by atoms with Crippen molar-refractivity contribution in [1.82, 2.24) is 15.0 Å². The maximum atomic E-state index is 12.4. The average molecular weight is 588 g/mol. The van der Waals surface area contributed by atoms with Crippen molar-refractivity contribution in [2.24, 2.45) is 0 Å². The second-order valence-electron chi connectivity index (χ2n) is 9.38. The summed E-state index contributed by atoms with van der Waals surface area (Å²) in [5.74, 6) is -2.90. The van der Waals surface area contributed by atoms with Crippen molar-refractivity contribution < 1.29 is 52.0 Å². The Morgan fingerprint density at radius 1 is 0.905 bits per heavy atom. The van der Waals surface area contributed by atoms with E-state index in [9.17, 15) is 24.0 Å². The molecule has 0 unspecified atom stereocenters. The summed E-state index contributed by atoms with van der Waals surface area (Å²) in [5.41, 5.74) is 0.613. The number of ether oxygens (including phenoxy) is 6. The molecule has 2 aromatic heterocycles. The largest absolute Gasteiger partial charge is 0.463 e. The van der Waals surface area contributed by atoms with Gasteiger partial charge in [0, 0.05) is 33.1 Å². The Morgan fingerprint density at radius 3 is 2.26 bits per heavy atom. The first-order valence-electron chi connectivity index (χ1n) is 12.8. The summed E-state index contributed by atoms with van der Waals surface area (Å²) in [6, 6.07) is 8.80. The molecule has 1 aromatic carbocycles. The highest BCUT2D eigenvalue weighted by molar-refractivity contribution is 5.76. The Morgan fingerprint density at radius 2 is 1.57 bits per heavy atom. The predicted octanol–water partition coefficient (Wildman–Crippen LogP) is 1.03. The van der Waals surface area contributed by atoms with Crippen LogP contribution in [0.1, 0.15) is 39.0 Å². The van der Waals surface area contributed by atoms with Gasteiger partial charge in [-0.05, 0) is 12.1 Å². The van der Waals surface area contributed by atoms with Crippen LogP contribution in [-0.4, -0.2) is 76.2 Å². The van der Waals surface area contributed by atoms with E-state index in [1.165, 1.54) is 17.8 Å². The van der Waals surface area contributed by atoms with Gasteiger partial charge in [0.25, 0.3) is 0 Å². The molecule has 0 aliphatic carbocycles. The van der Waals surface area contributed by atoms with Gasteiger partial charge < -0.3 is 32.8 Å². The van der Waals surface area contributed by atoms with Gasteiger partial charge in [0.1, 0.15) is 24.0 Å². The van der Waals surface area contributed by atoms with Gasteiger partial charge in [-0.25, -0.2) is 9.48 Å². The molecule has 1 saturated heterocycles. The third-order valence-electron chi connectivity index (χ3n) is 5.98. The van der Waals surface area contributed by atoms with Crippen LogP contribution < -0.4 is 5.63 Å². The van der Waals surface area contributed by atoms with Gasteiger partial charge in [-0.2, -0.15) is 0 Å². The van der Waals surface area contributed by atoms with Crippen molar-refractivity contribution in [3.05, 3.63) is 58.2 Å². The van der Waals surface area contributed by atoms with Gasteiger partial charge in [-0.15, -0.1) is 5.10 Å². The molecule has 224 valence electrons. The lowest BCUT2D eigenvalue weighted by atomic mass is 9.98. The van der Waals surface area contributed by atoms with Gasteiger partial charge in [0.05, 0.1) is 24.9 Å². The lowest BCUT2D eigenvalue weighted by Gasteiger charge is -2.43. The molecule has 0 bridgehead atoms. The predicted molar refractivity (Wildman–Crippen MR) is 138 cm³/mol. The molecule has 3 aromatic rings. The van der Waals surface area contributed by atoms with Crippen LogP contribution >= 0.6 is 0 Å². The number of rotatable bonds is 10. The van der Waals surface area contributed by atoms with E-state index in [0.29, 0.717) is 16.8 Å². The summed E-state index contributed by atoms with van der Waals surface area (Å²) in [4.78, 5) is 59.7. The summed E-state index contributed by atoms with van der Waals surface area (Å²) in [6.07, 6.45) is -5.03. The fourth-order valence-corrected chi connectivity index (χ4v) is 4.36. The van der Waals surface area contributed by atoms with Crippen molar-refractivity contribution in [3.8, 4) is 0 Å². The second kappa shape index (κ2) is 13.4. The van der Waals surface area contributed by atoms with E-state index in [0.717, 1.165) is 26.2 Å². The summed E-state index contributed by atoms with van der Waals surface area (Å²) in [6.45, 7) is 4.01. The Balaban J connectivity index is 1.53. The van der Waals surface area contributed by atoms with Crippen LogP contribution in [0.5, 0.6) is 0 Å². The minimum absolute atomic E-state index is 0.0687. The fourth-order valence-electron chi connectivity index (χ4n) is 4.36. The van der Waals surface area contributed by atoms with Crippen LogP contribution in [0.25, 0.3) is 11.0 Å². The molecule has 0 amide bonds. The van der Waals surface area contributed by atoms with Crippen LogP contribution in [-0.2, 0) is 60.8 Å². The molecular formula is C27H29N3O12. The molecular weight excluding hydrogens is 558 g/mol. The number of para-hydroxylation sites is 1. The SMILES string of the molecule is CC(=O)OC[C@H]1O[C@@H](OCc2cn(Cc3cc4ccccc4oc3=O)nn2)[C@H](OC(C)=O)[C@@H](OC(C)=O)[C@H]1OC(C)=O. The van der Waals surface area contributed by atoms with Crippen LogP contribution in [0.2, 0.25) is 0 Å². The van der Waals surface area contributed by atoms with Gasteiger partial charge >= 0.3 is 29.5 Å². The number of hydrogen-bond acceptors (Lipinski definition) is 14. The highest BCUT2D eigenvalue weighted by Gasteiger charge is 2.52. The molecule has 1 aliphatic rings. The maximum absolute atomic E-state index is 12.4. The van der Waals surface area contributed by atoms with Crippen LogP contribution in [0.3, 0.4) is 0 Å². The zero-order chi connectivity index (χ0) is 30.4.